The van der Waals surface area contributed by atoms with Gasteiger partial charge in [-0.2, -0.15) is 0 Å². The molecule has 7 nitrogen and oxygen atoms in total. The number of aryl methyl sites for hydroxylation is 2. The topological polar surface area (TPSA) is 90.7 Å². The minimum atomic E-state index is -0.572. The molecule has 27 heavy (non-hydrogen) atoms. The van der Waals surface area contributed by atoms with Gasteiger partial charge in [-0.05, 0) is 44.9 Å². The molecule has 0 saturated carbocycles. The summed E-state index contributed by atoms with van der Waals surface area (Å²) in [6.45, 7) is 7.63. The number of hydrogen-bond acceptors (Lipinski definition) is 6. The van der Waals surface area contributed by atoms with Crippen molar-refractivity contribution in [2.24, 2.45) is 0 Å². The molecule has 1 aromatic carbocycles. The van der Waals surface area contributed by atoms with Gasteiger partial charge < -0.3 is 19.3 Å². The van der Waals surface area contributed by atoms with Crippen LogP contribution >= 0.6 is 0 Å². The molecule has 1 heterocycles. The summed E-state index contributed by atoms with van der Waals surface area (Å²) in [6.07, 6.45) is 1.67. The molecule has 0 aliphatic rings. The Bertz CT molecular complexity index is 761. The molecule has 7 heteroatoms. The van der Waals surface area contributed by atoms with Gasteiger partial charge in [-0.25, -0.2) is 4.79 Å². The number of benzene rings is 1. The van der Waals surface area contributed by atoms with Crippen molar-refractivity contribution in [3.8, 4) is 5.75 Å². The molecule has 2 aromatic rings. The lowest BCUT2D eigenvalue weighted by atomic mass is 10.2. The lowest BCUT2D eigenvalue weighted by Gasteiger charge is -2.14. The maximum atomic E-state index is 12.2. The quantitative estimate of drug-likeness (QED) is 0.677. The van der Waals surface area contributed by atoms with Gasteiger partial charge in [-0.3, -0.25) is 4.79 Å². The van der Waals surface area contributed by atoms with Crippen molar-refractivity contribution in [2.45, 2.75) is 53.2 Å². The third kappa shape index (κ3) is 5.84. The Labute approximate surface area is 159 Å². The molecule has 0 spiro atoms. The first-order valence-electron chi connectivity index (χ1n) is 9.05. The van der Waals surface area contributed by atoms with Crippen LogP contribution in [0.1, 0.15) is 54.1 Å². The summed E-state index contributed by atoms with van der Waals surface area (Å²) in [7, 11) is 0. The van der Waals surface area contributed by atoms with Crippen molar-refractivity contribution in [1.29, 1.82) is 0 Å². The van der Waals surface area contributed by atoms with Crippen LogP contribution in [0.25, 0.3) is 0 Å². The van der Waals surface area contributed by atoms with Crippen LogP contribution in [0.5, 0.6) is 5.75 Å². The molecule has 0 unspecified atom stereocenters. The average molecular weight is 374 g/mol. The van der Waals surface area contributed by atoms with Crippen LogP contribution in [0.2, 0.25) is 0 Å². The Morgan fingerprint density at radius 2 is 1.96 bits per heavy atom. The van der Waals surface area contributed by atoms with Gasteiger partial charge in [0.05, 0.1) is 16.8 Å². The van der Waals surface area contributed by atoms with Crippen molar-refractivity contribution in [3.05, 3.63) is 46.8 Å². The molecule has 0 radical (unpaired) electrons. The standard InChI is InChI=1S/C20H26N2O5/c1-5-16(6-2)21-19(23)12-26-20(24)15-8-7-9-17(10-15)25-11-18-13(3)22-27-14(18)4/h7-10,16H,5-6,11-12H2,1-4H3,(H,21,23). The number of carbonyl (C=O) groups is 2. The SMILES string of the molecule is CCC(CC)NC(=O)COC(=O)c1cccc(OCc2c(C)noc2C)c1. The number of carbonyl (C=O) groups excluding carboxylic acids is 2. The van der Waals surface area contributed by atoms with Gasteiger partial charge in [0.2, 0.25) is 0 Å². The fraction of sp³-hybridized carbons (Fsp3) is 0.450. The molecule has 0 atom stereocenters. The second kappa shape index (κ2) is 9.75. The summed E-state index contributed by atoms with van der Waals surface area (Å²) < 4.78 is 15.9. The van der Waals surface area contributed by atoms with Crippen LogP contribution in [0.15, 0.2) is 28.8 Å². The summed E-state index contributed by atoms with van der Waals surface area (Å²) in [6, 6.07) is 6.74. The summed E-state index contributed by atoms with van der Waals surface area (Å²) in [5.74, 6) is 0.345. The Morgan fingerprint density at radius 1 is 1.22 bits per heavy atom. The van der Waals surface area contributed by atoms with Crippen LogP contribution in [-0.4, -0.2) is 29.7 Å². The van der Waals surface area contributed by atoms with Crippen molar-refractivity contribution >= 4 is 11.9 Å². The van der Waals surface area contributed by atoms with Gasteiger partial charge in [0.25, 0.3) is 5.91 Å². The predicted molar refractivity (Wildman–Crippen MR) is 99.5 cm³/mol. The molecule has 0 aliphatic heterocycles. The monoisotopic (exact) mass is 374 g/mol. The number of rotatable bonds is 9. The van der Waals surface area contributed by atoms with Crippen LogP contribution in [-0.2, 0) is 16.1 Å². The molecule has 2 rings (SSSR count). The number of amides is 1. The van der Waals surface area contributed by atoms with Gasteiger partial charge in [0.15, 0.2) is 6.61 Å². The molecule has 1 N–H and O–H groups in total. The van der Waals surface area contributed by atoms with E-state index in [1.165, 1.54) is 0 Å². The van der Waals surface area contributed by atoms with Crippen LogP contribution in [0, 0.1) is 13.8 Å². The van der Waals surface area contributed by atoms with E-state index in [9.17, 15) is 9.59 Å². The number of esters is 1. The summed E-state index contributed by atoms with van der Waals surface area (Å²) in [4.78, 5) is 24.0. The normalized spacial score (nSPS) is 10.7. The molecule has 0 aliphatic carbocycles. The molecule has 146 valence electrons. The Balaban J connectivity index is 1.90. The zero-order valence-electron chi connectivity index (χ0n) is 16.2. The second-order valence-corrected chi connectivity index (χ2v) is 6.28. The minimum absolute atomic E-state index is 0.0947. The highest BCUT2D eigenvalue weighted by Crippen LogP contribution is 2.19. The molecular weight excluding hydrogens is 348 g/mol. The maximum absolute atomic E-state index is 12.2. The lowest BCUT2D eigenvalue weighted by molar-refractivity contribution is -0.125. The number of nitrogens with zero attached hydrogens (tertiary/aromatic N) is 1. The molecule has 0 saturated heterocycles. The zero-order valence-corrected chi connectivity index (χ0v) is 16.2. The smallest absolute Gasteiger partial charge is 0.338 e. The van der Waals surface area contributed by atoms with E-state index in [1.54, 1.807) is 24.3 Å². The van der Waals surface area contributed by atoms with Gasteiger partial charge in [-0.15, -0.1) is 0 Å². The summed E-state index contributed by atoms with van der Waals surface area (Å²) in [5, 5.41) is 6.71. The number of hydrogen-bond donors (Lipinski definition) is 1. The molecule has 1 aromatic heterocycles. The van der Waals surface area contributed by atoms with E-state index in [1.807, 2.05) is 27.7 Å². The zero-order chi connectivity index (χ0) is 19.8. The van der Waals surface area contributed by atoms with Crippen LogP contribution < -0.4 is 10.1 Å². The van der Waals surface area contributed by atoms with E-state index in [-0.39, 0.29) is 25.2 Å². The third-order valence-corrected chi connectivity index (χ3v) is 4.32. The minimum Gasteiger partial charge on any atom is -0.489 e. The highest BCUT2D eigenvalue weighted by atomic mass is 16.5. The summed E-state index contributed by atoms with van der Waals surface area (Å²) in [5.41, 5.74) is 1.97. The van der Waals surface area contributed by atoms with Gasteiger partial charge >= 0.3 is 5.97 Å². The van der Waals surface area contributed by atoms with E-state index in [4.69, 9.17) is 14.0 Å². The van der Waals surface area contributed by atoms with Crippen LogP contribution in [0.3, 0.4) is 0 Å². The maximum Gasteiger partial charge on any atom is 0.338 e. The van der Waals surface area contributed by atoms with E-state index in [0.717, 1.165) is 24.1 Å². The van der Waals surface area contributed by atoms with E-state index in [2.05, 4.69) is 10.5 Å². The van der Waals surface area contributed by atoms with Crippen molar-refractivity contribution in [3.63, 3.8) is 0 Å². The summed E-state index contributed by atoms with van der Waals surface area (Å²) >= 11 is 0. The van der Waals surface area contributed by atoms with Crippen molar-refractivity contribution in [1.82, 2.24) is 10.5 Å². The Hall–Kier alpha value is -2.83. The number of aromatic nitrogens is 1. The van der Waals surface area contributed by atoms with Gasteiger partial charge in [0.1, 0.15) is 18.1 Å². The Morgan fingerprint density at radius 3 is 2.59 bits per heavy atom. The largest absolute Gasteiger partial charge is 0.489 e. The third-order valence-electron chi connectivity index (χ3n) is 4.32. The van der Waals surface area contributed by atoms with Crippen LogP contribution in [0.4, 0.5) is 0 Å². The van der Waals surface area contributed by atoms with Gasteiger partial charge in [-0.1, -0.05) is 25.1 Å². The molecular formula is C20H26N2O5. The molecule has 1 amide bonds. The Kier molecular flexibility index (Phi) is 7.40. The highest BCUT2D eigenvalue weighted by molar-refractivity contribution is 5.91. The second-order valence-electron chi connectivity index (χ2n) is 6.28. The van der Waals surface area contributed by atoms with Crippen molar-refractivity contribution in [2.75, 3.05) is 6.61 Å². The fourth-order valence-corrected chi connectivity index (χ4v) is 2.55. The van der Waals surface area contributed by atoms with Crippen molar-refractivity contribution < 1.29 is 23.6 Å². The fourth-order valence-electron chi connectivity index (χ4n) is 2.55. The lowest BCUT2D eigenvalue weighted by Crippen LogP contribution is -2.36. The van der Waals surface area contributed by atoms with E-state index in [0.29, 0.717) is 17.1 Å². The average Bonchev–Trinajstić information content (AvgIpc) is 3.00. The molecule has 0 bridgehead atoms. The first-order chi connectivity index (χ1) is 12.9. The van der Waals surface area contributed by atoms with E-state index >= 15 is 0 Å². The first kappa shape index (κ1) is 20.5. The number of ether oxygens (including phenoxy) is 2. The first-order valence-corrected chi connectivity index (χ1v) is 9.05. The highest BCUT2D eigenvalue weighted by Gasteiger charge is 2.14. The molecule has 0 fully saturated rings. The predicted octanol–water partition coefficient (Wildman–Crippen LogP) is 3.33. The number of nitrogens with one attached hydrogen (secondary N) is 1. The van der Waals surface area contributed by atoms with Gasteiger partial charge in [0, 0.05) is 6.04 Å². The van der Waals surface area contributed by atoms with E-state index < -0.39 is 5.97 Å².